The van der Waals surface area contributed by atoms with Crippen LogP contribution in [0.2, 0.25) is 0 Å². The summed E-state index contributed by atoms with van der Waals surface area (Å²) in [6, 6.07) is 4.05. The van der Waals surface area contributed by atoms with Gasteiger partial charge in [0.2, 0.25) is 5.91 Å². The smallest absolute Gasteiger partial charge is 0.236 e. The Morgan fingerprint density at radius 3 is 2.78 bits per heavy atom. The van der Waals surface area contributed by atoms with E-state index in [2.05, 4.69) is 21.3 Å². The first-order valence-corrected chi connectivity index (χ1v) is 6.33. The normalized spacial score (nSPS) is 16.8. The highest BCUT2D eigenvalue weighted by molar-refractivity contribution is 5.78. The minimum Gasteiger partial charge on any atom is -0.339 e. The van der Waals surface area contributed by atoms with Gasteiger partial charge in [-0.15, -0.1) is 0 Å². The minimum absolute atomic E-state index is 0.193. The standard InChI is InChI=1S/C13H20N4O/c1-14-10-13(18)17-7-5-16(6-8-17)11-12-3-2-4-15-9-12/h2-4,9,14H,5-8,10-11H2,1H3. The van der Waals surface area contributed by atoms with Crippen molar-refractivity contribution in [1.82, 2.24) is 20.1 Å². The largest absolute Gasteiger partial charge is 0.339 e. The van der Waals surface area contributed by atoms with E-state index in [0.29, 0.717) is 6.54 Å². The van der Waals surface area contributed by atoms with E-state index < -0.39 is 0 Å². The van der Waals surface area contributed by atoms with Crippen LogP contribution in [0.3, 0.4) is 0 Å². The van der Waals surface area contributed by atoms with Gasteiger partial charge in [-0.3, -0.25) is 14.7 Å². The third-order valence-electron chi connectivity index (χ3n) is 3.18. The first kappa shape index (κ1) is 13.0. The molecule has 1 amide bonds. The molecule has 0 radical (unpaired) electrons. The summed E-state index contributed by atoms with van der Waals surface area (Å²) in [5, 5.41) is 2.90. The molecule has 5 heteroatoms. The van der Waals surface area contributed by atoms with Gasteiger partial charge in [0.15, 0.2) is 0 Å². The molecule has 0 atom stereocenters. The highest BCUT2D eigenvalue weighted by atomic mass is 16.2. The summed E-state index contributed by atoms with van der Waals surface area (Å²) < 4.78 is 0. The first-order chi connectivity index (χ1) is 8.79. The van der Waals surface area contributed by atoms with E-state index in [0.717, 1.165) is 32.7 Å². The maximum absolute atomic E-state index is 11.7. The fourth-order valence-corrected chi connectivity index (χ4v) is 2.17. The Kier molecular flexibility index (Phi) is 4.66. The van der Waals surface area contributed by atoms with E-state index in [1.54, 1.807) is 13.2 Å². The number of nitrogens with zero attached hydrogens (tertiary/aromatic N) is 3. The Morgan fingerprint density at radius 1 is 1.39 bits per heavy atom. The van der Waals surface area contributed by atoms with Gasteiger partial charge in [0.05, 0.1) is 6.54 Å². The number of piperazine rings is 1. The van der Waals surface area contributed by atoms with Gasteiger partial charge in [0, 0.05) is 45.1 Å². The maximum Gasteiger partial charge on any atom is 0.236 e. The van der Waals surface area contributed by atoms with Crippen molar-refractivity contribution in [3.63, 3.8) is 0 Å². The van der Waals surface area contributed by atoms with Crippen LogP contribution in [0, 0.1) is 0 Å². The molecule has 1 aliphatic heterocycles. The van der Waals surface area contributed by atoms with Gasteiger partial charge in [0.25, 0.3) is 0 Å². The van der Waals surface area contributed by atoms with Crippen molar-refractivity contribution in [2.75, 3.05) is 39.8 Å². The molecule has 0 bridgehead atoms. The van der Waals surface area contributed by atoms with Gasteiger partial charge in [-0.2, -0.15) is 0 Å². The van der Waals surface area contributed by atoms with E-state index in [1.807, 2.05) is 17.2 Å². The third kappa shape index (κ3) is 3.51. The van der Waals surface area contributed by atoms with Crippen LogP contribution in [-0.4, -0.2) is 60.5 Å². The second kappa shape index (κ2) is 6.47. The van der Waals surface area contributed by atoms with E-state index in [1.165, 1.54) is 5.56 Å². The second-order valence-electron chi connectivity index (χ2n) is 4.55. The zero-order chi connectivity index (χ0) is 12.8. The Hall–Kier alpha value is -1.46. The number of pyridine rings is 1. The summed E-state index contributed by atoms with van der Waals surface area (Å²) >= 11 is 0. The molecule has 0 saturated carbocycles. The van der Waals surface area contributed by atoms with Crippen LogP contribution in [0.15, 0.2) is 24.5 Å². The Bertz CT molecular complexity index is 374. The SMILES string of the molecule is CNCC(=O)N1CCN(Cc2cccnc2)CC1. The molecule has 2 rings (SSSR count). The molecule has 0 spiro atoms. The number of nitrogens with one attached hydrogen (secondary N) is 1. The minimum atomic E-state index is 0.193. The lowest BCUT2D eigenvalue weighted by atomic mass is 10.2. The summed E-state index contributed by atoms with van der Waals surface area (Å²) in [5.41, 5.74) is 1.23. The predicted octanol–water partition coefficient (Wildman–Crippen LogP) is -0.0548. The van der Waals surface area contributed by atoms with Crippen molar-refractivity contribution in [2.24, 2.45) is 0 Å². The summed E-state index contributed by atoms with van der Waals surface area (Å²) in [5.74, 6) is 0.193. The number of aromatic nitrogens is 1. The molecule has 98 valence electrons. The molecular weight excluding hydrogens is 228 g/mol. The van der Waals surface area contributed by atoms with Crippen LogP contribution >= 0.6 is 0 Å². The van der Waals surface area contributed by atoms with Crippen molar-refractivity contribution in [1.29, 1.82) is 0 Å². The number of carbonyl (C=O) groups is 1. The summed E-state index contributed by atoms with van der Waals surface area (Å²) in [6.07, 6.45) is 3.69. The molecule has 1 aliphatic rings. The molecule has 1 aromatic heterocycles. The molecule has 5 nitrogen and oxygen atoms in total. The molecule has 0 unspecified atom stereocenters. The highest BCUT2D eigenvalue weighted by Crippen LogP contribution is 2.07. The first-order valence-electron chi connectivity index (χ1n) is 6.33. The van der Waals surface area contributed by atoms with Crippen molar-refractivity contribution in [3.05, 3.63) is 30.1 Å². The maximum atomic E-state index is 11.7. The van der Waals surface area contributed by atoms with Gasteiger partial charge in [0.1, 0.15) is 0 Å². The monoisotopic (exact) mass is 248 g/mol. The van der Waals surface area contributed by atoms with Gasteiger partial charge in [-0.1, -0.05) is 6.07 Å². The third-order valence-corrected chi connectivity index (χ3v) is 3.18. The van der Waals surface area contributed by atoms with E-state index in [4.69, 9.17) is 0 Å². The molecule has 0 aromatic carbocycles. The van der Waals surface area contributed by atoms with Crippen LogP contribution in [-0.2, 0) is 11.3 Å². The van der Waals surface area contributed by atoms with Gasteiger partial charge < -0.3 is 10.2 Å². The average Bonchev–Trinajstić information content (AvgIpc) is 2.41. The lowest BCUT2D eigenvalue weighted by Crippen LogP contribution is -2.50. The Labute approximate surface area is 108 Å². The molecule has 1 fully saturated rings. The Morgan fingerprint density at radius 2 is 2.17 bits per heavy atom. The van der Waals surface area contributed by atoms with Gasteiger partial charge in [-0.05, 0) is 18.7 Å². The number of amides is 1. The molecule has 1 saturated heterocycles. The summed E-state index contributed by atoms with van der Waals surface area (Å²) in [6.45, 7) is 4.86. The fourth-order valence-electron chi connectivity index (χ4n) is 2.17. The second-order valence-corrected chi connectivity index (χ2v) is 4.55. The van der Waals surface area contributed by atoms with Crippen molar-refractivity contribution < 1.29 is 4.79 Å². The zero-order valence-corrected chi connectivity index (χ0v) is 10.8. The molecule has 1 aromatic rings. The quantitative estimate of drug-likeness (QED) is 0.811. The van der Waals surface area contributed by atoms with Crippen LogP contribution in [0.4, 0.5) is 0 Å². The molecule has 0 aliphatic carbocycles. The lowest BCUT2D eigenvalue weighted by molar-refractivity contribution is -0.131. The molecule has 2 heterocycles. The Balaban J connectivity index is 1.78. The topological polar surface area (TPSA) is 48.5 Å². The number of rotatable bonds is 4. The summed E-state index contributed by atoms with van der Waals surface area (Å²) in [4.78, 5) is 20.1. The number of carbonyl (C=O) groups excluding carboxylic acids is 1. The highest BCUT2D eigenvalue weighted by Gasteiger charge is 2.20. The van der Waals surface area contributed by atoms with Gasteiger partial charge >= 0.3 is 0 Å². The lowest BCUT2D eigenvalue weighted by Gasteiger charge is -2.34. The molecular formula is C13H20N4O. The van der Waals surface area contributed by atoms with E-state index >= 15 is 0 Å². The van der Waals surface area contributed by atoms with Crippen molar-refractivity contribution in [3.8, 4) is 0 Å². The number of hydrogen-bond donors (Lipinski definition) is 1. The molecule has 1 N–H and O–H groups in total. The summed E-state index contributed by atoms with van der Waals surface area (Å²) in [7, 11) is 1.80. The number of likely N-dealkylation sites (N-methyl/N-ethyl adjacent to an activating group) is 1. The van der Waals surface area contributed by atoms with Crippen LogP contribution < -0.4 is 5.32 Å². The van der Waals surface area contributed by atoms with Crippen LogP contribution in [0.5, 0.6) is 0 Å². The zero-order valence-electron chi connectivity index (χ0n) is 10.8. The van der Waals surface area contributed by atoms with Gasteiger partial charge in [-0.25, -0.2) is 0 Å². The van der Waals surface area contributed by atoms with E-state index in [-0.39, 0.29) is 5.91 Å². The number of hydrogen-bond acceptors (Lipinski definition) is 4. The van der Waals surface area contributed by atoms with E-state index in [9.17, 15) is 4.79 Å². The average molecular weight is 248 g/mol. The van der Waals surface area contributed by atoms with Crippen molar-refractivity contribution in [2.45, 2.75) is 6.54 Å². The van der Waals surface area contributed by atoms with Crippen LogP contribution in [0.25, 0.3) is 0 Å². The predicted molar refractivity (Wildman–Crippen MR) is 70.0 cm³/mol. The molecule has 18 heavy (non-hydrogen) atoms. The van der Waals surface area contributed by atoms with Crippen LogP contribution in [0.1, 0.15) is 5.56 Å². The fraction of sp³-hybridized carbons (Fsp3) is 0.538. The van der Waals surface area contributed by atoms with Crippen molar-refractivity contribution >= 4 is 5.91 Å².